The van der Waals surface area contributed by atoms with E-state index in [0.717, 1.165) is 28.8 Å². The Kier molecular flexibility index (Phi) is 5.41. The van der Waals surface area contributed by atoms with Crippen LogP contribution in [0.2, 0.25) is 0 Å². The van der Waals surface area contributed by atoms with Crippen LogP contribution in [-0.2, 0) is 0 Å². The SMILES string of the molecule is CCCNc1cncc(NC(C)c2ccc(Br)cc2)c1. The number of nitrogens with zero attached hydrogens (tertiary/aromatic N) is 1. The van der Waals surface area contributed by atoms with Crippen molar-refractivity contribution in [1.29, 1.82) is 0 Å². The number of anilines is 2. The molecule has 1 atom stereocenters. The molecule has 1 unspecified atom stereocenters. The lowest BCUT2D eigenvalue weighted by molar-refractivity contribution is 0.882. The third-order valence-corrected chi connectivity index (χ3v) is 3.60. The standard InChI is InChI=1S/C16H20BrN3/c1-3-8-19-15-9-16(11-18-10-15)20-12(2)13-4-6-14(17)7-5-13/h4-7,9-12,19-20H,3,8H2,1-2H3. The molecule has 0 aliphatic carbocycles. The van der Waals surface area contributed by atoms with Gasteiger partial charge in [-0.2, -0.15) is 0 Å². The maximum atomic E-state index is 4.27. The molecule has 0 amide bonds. The van der Waals surface area contributed by atoms with Crippen LogP contribution in [0.25, 0.3) is 0 Å². The fourth-order valence-corrected chi connectivity index (χ4v) is 2.23. The maximum absolute atomic E-state index is 4.27. The van der Waals surface area contributed by atoms with Crippen molar-refractivity contribution in [2.75, 3.05) is 17.2 Å². The summed E-state index contributed by atoms with van der Waals surface area (Å²) < 4.78 is 1.10. The van der Waals surface area contributed by atoms with Crippen LogP contribution in [0.5, 0.6) is 0 Å². The van der Waals surface area contributed by atoms with Gasteiger partial charge in [0.25, 0.3) is 0 Å². The minimum Gasteiger partial charge on any atom is -0.384 e. The molecule has 106 valence electrons. The van der Waals surface area contributed by atoms with E-state index in [1.165, 1.54) is 5.56 Å². The Bertz CT molecular complexity index is 540. The Morgan fingerprint density at radius 1 is 1.15 bits per heavy atom. The smallest absolute Gasteiger partial charge is 0.0552 e. The summed E-state index contributed by atoms with van der Waals surface area (Å²) >= 11 is 3.46. The van der Waals surface area contributed by atoms with Crippen molar-refractivity contribution in [3.8, 4) is 0 Å². The average Bonchev–Trinajstić information content (AvgIpc) is 2.46. The Morgan fingerprint density at radius 2 is 1.85 bits per heavy atom. The van der Waals surface area contributed by atoms with Crippen molar-refractivity contribution in [2.24, 2.45) is 0 Å². The highest BCUT2D eigenvalue weighted by Crippen LogP contribution is 2.22. The number of nitrogens with one attached hydrogen (secondary N) is 2. The monoisotopic (exact) mass is 333 g/mol. The van der Waals surface area contributed by atoms with E-state index in [9.17, 15) is 0 Å². The molecule has 2 aromatic rings. The van der Waals surface area contributed by atoms with E-state index in [4.69, 9.17) is 0 Å². The van der Waals surface area contributed by atoms with Gasteiger partial charge in [0.1, 0.15) is 0 Å². The van der Waals surface area contributed by atoms with Gasteiger partial charge in [0.2, 0.25) is 0 Å². The molecule has 20 heavy (non-hydrogen) atoms. The van der Waals surface area contributed by atoms with Crippen molar-refractivity contribution < 1.29 is 0 Å². The first-order chi connectivity index (χ1) is 9.69. The summed E-state index contributed by atoms with van der Waals surface area (Å²) in [6.45, 7) is 5.26. The number of hydrogen-bond donors (Lipinski definition) is 2. The molecule has 0 aliphatic rings. The maximum Gasteiger partial charge on any atom is 0.0552 e. The highest BCUT2D eigenvalue weighted by Gasteiger charge is 2.05. The first-order valence-electron chi connectivity index (χ1n) is 6.90. The van der Waals surface area contributed by atoms with Gasteiger partial charge in [-0.25, -0.2) is 0 Å². The van der Waals surface area contributed by atoms with Crippen LogP contribution in [0.4, 0.5) is 11.4 Å². The fraction of sp³-hybridized carbons (Fsp3) is 0.312. The van der Waals surface area contributed by atoms with Crippen LogP contribution < -0.4 is 10.6 Å². The number of halogens is 1. The lowest BCUT2D eigenvalue weighted by atomic mass is 10.1. The fourth-order valence-electron chi connectivity index (χ4n) is 1.97. The summed E-state index contributed by atoms with van der Waals surface area (Å²) in [6.07, 6.45) is 4.81. The molecular formula is C16H20BrN3. The second kappa shape index (κ2) is 7.29. The highest BCUT2D eigenvalue weighted by molar-refractivity contribution is 9.10. The Hall–Kier alpha value is -1.55. The largest absolute Gasteiger partial charge is 0.384 e. The zero-order chi connectivity index (χ0) is 14.4. The number of hydrogen-bond acceptors (Lipinski definition) is 3. The molecule has 0 aliphatic heterocycles. The van der Waals surface area contributed by atoms with Gasteiger partial charge < -0.3 is 10.6 Å². The van der Waals surface area contributed by atoms with Crippen LogP contribution >= 0.6 is 15.9 Å². The van der Waals surface area contributed by atoms with E-state index in [-0.39, 0.29) is 6.04 Å². The second-order valence-corrected chi connectivity index (χ2v) is 5.72. The third kappa shape index (κ3) is 4.23. The highest BCUT2D eigenvalue weighted by atomic mass is 79.9. The molecule has 0 saturated heterocycles. The van der Waals surface area contributed by atoms with Gasteiger partial charge in [0, 0.05) is 17.1 Å². The van der Waals surface area contributed by atoms with Gasteiger partial charge in [-0.1, -0.05) is 35.0 Å². The van der Waals surface area contributed by atoms with Gasteiger partial charge >= 0.3 is 0 Å². The van der Waals surface area contributed by atoms with E-state index < -0.39 is 0 Å². The van der Waals surface area contributed by atoms with Gasteiger partial charge in [-0.05, 0) is 37.1 Å². The molecule has 0 spiro atoms. The van der Waals surface area contributed by atoms with Crippen LogP contribution in [0, 0.1) is 0 Å². The normalized spacial score (nSPS) is 11.9. The molecule has 0 bridgehead atoms. The second-order valence-electron chi connectivity index (χ2n) is 4.81. The van der Waals surface area contributed by atoms with Gasteiger partial charge in [-0.15, -0.1) is 0 Å². The molecule has 0 saturated carbocycles. The molecule has 4 heteroatoms. The minimum absolute atomic E-state index is 0.242. The number of benzene rings is 1. The first kappa shape index (κ1) is 14.9. The van der Waals surface area contributed by atoms with Crippen LogP contribution in [0.3, 0.4) is 0 Å². The lowest BCUT2D eigenvalue weighted by Gasteiger charge is -2.16. The van der Waals surface area contributed by atoms with E-state index in [0.29, 0.717) is 0 Å². The van der Waals surface area contributed by atoms with E-state index in [2.05, 4.69) is 75.7 Å². The zero-order valence-electron chi connectivity index (χ0n) is 11.9. The summed E-state index contributed by atoms with van der Waals surface area (Å²) in [5.41, 5.74) is 3.33. The van der Waals surface area contributed by atoms with Crippen LogP contribution in [0.15, 0.2) is 47.2 Å². The van der Waals surface area contributed by atoms with Crippen molar-refractivity contribution in [3.05, 3.63) is 52.8 Å². The average molecular weight is 334 g/mol. The van der Waals surface area contributed by atoms with Gasteiger partial charge in [0.15, 0.2) is 0 Å². The third-order valence-electron chi connectivity index (χ3n) is 3.07. The molecule has 0 fully saturated rings. The first-order valence-corrected chi connectivity index (χ1v) is 7.69. The Morgan fingerprint density at radius 3 is 2.55 bits per heavy atom. The van der Waals surface area contributed by atoms with Crippen molar-refractivity contribution in [3.63, 3.8) is 0 Å². The number of rotatable bonds is 6. The molecule has 1 aromatic heterocycles. The van der Waals surface area contributed by atoms with E-state index in [1.54, 1.807) is 0 Å². The molecule has 0 radical (unpaired) electrons. The van der Waals surface area contributed by atoms with E-state index in [1.807, 2.05) is 12.4 Å². The topological polar surface area (TPSA) is 37.0 Å². The summed E-state index contributed by atoms with van der Waals surface area (Å²) in [5.74, 6) is 0. The molecule has 2 N–H and O–H groups in total. The van der Waals surface area contributed by atoms with Crippen molar-refractivity contribution >= 4 is 27.3 Å². The molecular weight excluding hydrogens is 314 g/mol. The minimum atomic E-state index is 0.242. The summed E-state index contributed by atoms with van der Waals surface area (Å²) in [6, 6.07) is 10.7. The van der Waals surface area contributed by atoms with Crippen molar-refractivity contribution in [2.45, 2.75) is 26.3 Å². The van der Waals surface area contributed by atoms with E-state index >= 15 is 0 Å². The number of aromatic nitrogens is 1. The van der Waals surface area contributed by atoms with Crippen LogP contribution in [-0.4, -0.2) is 11.5 Å². The molecule has 1 aromatic carbocycles. The summed E-state index contributed by atoms with van der Waals surface area (Å²) in [5, 5.41) is 6.82. The van der Waals surface area contributed by atoms with Crippen LogP contribution in [0.1, 0.15) is 31.9 Å². The lowest BCUT2D eigenvalue weighted by Crippen LogP contribution is -2.07. The quantitative estimate of drug-likeness (QED) is 0.794. The molecule has 1 heterocycles. The molecule has 3 nitrogen and oxygen atoms in total. The predicted molar refractivity (Wildman–Crippen MR) is 89.2 cm³/mol. The summed E-state index contributed by atoms with van der Waals surface area (Å²) in [4.78, 5) is 4.27. The van der Waals surface area contributed by atoms with Gasteiger partial charge in [0.05, 0.1) is 23.8 Å². The van der Waals surface area contributed by atoms with Gasteiger partial charge in [-0.3, -0.25) is 4.98 Å². The van der Waals surface area contributed by atoms with Crippen molar-refractivity contribution in [1.82, 2.24) is 4.98 Å². The predicted octanol–water partition coefficient (Wildman–Crippen LogP) is 4.84. The summed E-state index contributed by atoms with van der Waals surface area (Å²) in [7, 11) is 0. The number of pyridine rings is 1. The molecule has 2 rings (SSSR count). The Balaban J connectivity index is 2.03. The Labute approximate surface area is 129 Å². The zero-order valence-corrected chi connectivity index (χ0v) is 13.4.